The monoisotopic (exact) mass is 317 g/mol. The first kappa shape index (κ1) is 14.8. The molecule has 0 N–H and O–H groups in total. The number of nitrogens with zero attached hydrogens (tertiary/aromatic N) is 3. The van der Waals surface area contributed by atoms with Crippen LogP contribution in [0.2, 0.25) is 0 Å². The lowest BCUT2D eigenvalue weighted by atomic mass is 10.3. The molecule has 0 spiro atoms. The molecule has 1 heterocycles. The first-order valence-corrected chi connectivity index (χ1v) is 6.31. The fourth-order valence-corrected chi connectivity index (χ4v) is 2.17. The Kier molecular flexibility index (Phi) is 5.49. The van der Waals surface area contributed by atoms with E-state index in [1.165, 1.54) is 4.90 Å². The zero-order valence-corrected chi connectivity index (χ0v) is 12.2. The molecule has 0 bridgehead atoms. The minimum atomic E-state index is -0.241. The van der Waals surface area contributed by atoms with E-state index in [4.69, 9.17) is 4.74 Å². The lowest BCUT2D eigenvalue weighted by molar-refractivity contribution is 0.0731. The third-order valence-corrected chi connectivity index (χ3v) is 3.16. The van der Waals surface area contributed by atoms with Crippen LogP contribution in [0.25, 0.3) is 0 Å². The summed E-state index contributed by atoms with van der Waals surface area (Å²) < 4.78 is 7.07. The van der Waals surface area contributed by atoms with Gasteiger partial charge in [0.15, 0.2) is 11.0 Å². The quantitative estimate of drug-likeness (QED) is 0.739. The smallest absolute Gasteiger partial charge is 0.272 e. The molecule has 0 saturated carbocycles. The lowest BCUT2D eigenvalue weighted by Crippen LogP contribution is -2.32. The van der Waals surface area contributed by atoms with Gasteiger partial charge >= 0.3 is 0 Å². The number of carbonyl (C=O) groups is 2. The van der Waals surface area contributed by atoms with Crippen molar-refractivity contribution in [1.29, 1.82) is 0 Å². The second-order valence-electron chi connectivity index (χ2n) is 3.70. The molecule has 0 fully saturated rings. The predicted octanol–water partition coefficient (Wildman–Crippen LogP) is 1.20. The molecule has 1 aromatic heterocycles. The van der Waals surface area contributed by atoms with Crippen LogP contribution in [0.3, 0.4) is 0 Å². The average Bonchev–Trinajstić information content (AvgIpc) is 2.70. The van der Waals surface area contributed by atoms with Crippen molar-refractivity contribution < 1.29 is 14.3 Å². The van der Waals surface area contributed by atoms with Crippen molar-refractivity contribution in [2.75, 3.05) is 27.3 Å². The molecule has 6 nitrogen and oxygen atoms in total. The Balaban J connectivity index is 3.07. The molecule has 0 aliphatic heterocycles. The number of imidazole rings is 1. The summed E-state index contributed by atoms with van der Waals surface area (Å²) in [7, 11) is 3.24. The molecule has 1 rings (SSSR count). The second kappa shape index (κ2) is 6.65. The number of amides is 1. The van der Waals surface area contributed by atoms with Gasteiger partial charge in [-0.3, -0.25) is 9.59 Å². The number of hydrogen-bond donors (Lipinski definition) is 0. The minimum absolute atomic E-state index is 0.151. The molecule has 0 aromatic carbocycles. The zero-order valence-electron chi connectivity index (χ0n) is 10.6. The van der Waals surface area contributed by atoms with Crippen LogP contribution in [0.1, 0.15) is 27.9 Å². The van der Waals surface area contributed by atoms with E-state index in [0.29, 0.717) is 36.4 Å². The summed E-state index contributed by atoms with van der Waals surface area (Å²) in [5, 5.41) is 0. The summed E-state index contributed by atoms with van der Waals surface area (Å²) >= 11 is 3.24. The van der Waals surface area contributed by atoms with Crippen LogP contribution < -0.4 is 0 Å². The van der Waals surface area contributed by atoms with Crippen LogP contribution in [0.4, 0.5) is 0 Å². The van der Waals surface area contributed by atoms with Crippen molar-refractivity contribution >= 4 is 28.1 Å². The van der Waals surface area contributed by atoms with Crippen molar-refractivity contribution in [3.8, 4) is 0 Å². The summed E-state index contributed by atoms with van der Waals surface area (Å²) in [5.41, 5.74) is 0.455. The molecule has 0 unspecified atom stereocenters. The van der Waals surface area contributed by atoms with Gasteiger partial charge in [0.2, 0.25) is 0 Å². The SMILES string of the molecule is CCn1c(Br)nc(C=O)c1C(=O)N(C)CCOC. The van der Waals surface area contributed by atoms with E-state index in [9.17, 15) is 9.59 Å². The number of methoxy groups -OCH3 is 1. The van der Waals surface area contributed by atoms with E-state index in [1.54, 1.807) is 18.7 Å². The zero-order chi connectivity index (χ0) is 13.7. The molecule has 0 atom stereocenters. The third kappa shape index (κ3) is 2.97. The first-order valence-electron chi connectivity index (χ1n) is 5.52. The summed E-state index contributed by atoms with van der Waals surface area (Å²) in [4.78, 5) is 28.7. The average molecular weight is 318 g/mol. The van der Waals surface area contributed by atoms with Gasteiger partial charge in [-0.1, -0.05) is 0 Å². The molecule has 7 heteroatoms. The maximum atomic E-state index is 12.3. The number of likely N-dealkylation sites (N-methyl/N-ethyl adjacent to an activating group) is 1. The van der Waals surface area contributed by atoms with Crippen LogP contribution in [-0.2, 0) is 11.3 Å². The molecule has 18 heavy (non-hydrogen) atoms. The van der Waals surface area contributed by atoms with Gasteiger partial charge in [-0.2, -0.15) is 0 Å². The van der Waals surface area contributed by atoms with Gasteiger partial charge in [-0.05, 0) is 22.9 Å². The van der Waals surface area contributed by atoms with E-state index in [1.807, 2.05) is 6.92 Å². The minimum Gasteiger partial charge on any atom is -0.383 e. The van der Waals surface area contributed by atoms with Gasteiger partial charge in [-0.25, -0.2) is 4.98 Å². The maximum Gasteiger partial charge on any atom is 0.272 e. The normalized spacial score (nSPS) is 10.4. The summed E-state index contributed by atoms with van der Waals surface area (Å²) in [6, 6.07) is 0. The fraction of sp³-hybridized carbons (Fsp3) is 0.545. The Hall–Kier alpha value is -1.21. The van der Waals surface area contributed by atoms with E-state index in [0.717, 1.165) is 0 Å². The molecule has 0 radical (unpaired) electrons. The number of aromatic nitrogens is 2. The lowest BCUT2D eigenvalue weighted by Gasteiger charge is -2.17. The maximum absolute atomic E-state index is 12.3. The van der Waals surface area contributed by atoms with E-state index < -0.39 is 0 Å². The number of ether oxygens (including phenoxy) is 1. The summed E-state index contributed by atoms with van der Waals surface area (Å²) in [5.74, 6) is -0.241. The number of rotatable bonds is 6. The molecule has 0 aliphatic carbocycles. The second-order valence-corrected chi connectivity index (χ2v) is 4.41. The molecule has 1 amide bonds. The van der Waals surface area contributed by atoms with Crippen LogP contribution >= 0.6 is 15.9 Å². The predicted molar refractivity (Wildman–Crippen MR) is 69.8 cm³/mol. The summed E-state index contributed by atoms with van der Waals surface area (Å²) in [6.45, 7) is 3.34. The first-order chi connectivity index (χ1) is 8.56. The van der Waals surface area contributed by atoms with Crippen molar-refractivity contribution in [3.05, 3.63) is 16.1 Å². The molecule has 1 aromatic rings. The fourth-order valence-electron chi connectivity index (χ4n) is 1.55. The number of carbonyl (C=O) groups excluding carboxylic acids is 2. The van der Waals surface area contributed by atoms with Crippen molar-refractivity contribution in [3.63, 3.8) is 0 Å². The Labute approximate surface area is 114 Å². The highest BCUT2D eigenvalue weighted by atomic mass is 79.9. The number of halogens is 1. The van der Waals surface area contributed by atoms with Crippen molar-refractivity contribution in [2.45, 2.75) is 13.5 Å². The highest BCUT2D eigenvalue weighted by Gasteiger charge is 2.23. The van der Waals surface area contributed by atoms with Gasteiger partial charge in [-0.15, -0.1) is 0 Å². The van der Waals surface area contributed by atoms with Gasteiger partial charge in [0.25, 0.3) is 5.91 Å². The topological polar surface area (TPSA) is 64.4 Å². The van der Waals surface area contributed by atoms with E-state index in [2.05, 4.69) is 20.9 Å². The van der Waals surface area contributed by atoms with E-state index in [-0.39, 0.29) is 11.6 Å². The van der Waals surface area contributed by atoms with Crippen LogP contribution in [0.5, 0.6) is 0 Å². The Morgan fingerprint density at radius 3 is 2.78 bits per heavy atom. The van der Waals surface area contributed by atoms with E-state index >= 15 is 0 Å². The highest BCUT2D eigenvalue weighted by molar-refractivity contribution is 9.10. The van der Waals surface area contributed by atoms with Gasteiger partial charge in [0, 0.05) is 27.2 Å². The number of hydrogen-bond acceptors (Lipinski definition) is 4. The number of aldehydes is 1. The van der Waals surface area contributed by atoms with Gasteiger partial charge in [0.05, 0.1) is 6.61 Å². The molecule has 100 valence electrons. The molecular weight excluding hydrogens is 302 g/mol. The van der Waals surface area contributed by atoms with Gasteiger partial charge < -0.3 is 14.2 Å². The van der Waals surface area contributed by atoms with Crippen molar-refractivity contribution in [2.24, 2.45) is 0 Å². The molecule has 0 aliphatic rings. The van der Waals surface area contributed by atoms with Gasteiger partial charge in [0.1, 0.15) is 11.4 Å². The Morgan fingerprint density at radius 2 is 2.28 bits per heavy atom. The molecular formula is C11H16BrN3O3. The van der Waals surface area contributed by atoms with Crippen LogP contribution in [-0.4, -0.2) is 54.0 Å². The van der Waals surface area contributed by atoms with Crippen LogP contribution in [0, 0.1) is 0 Å². The largest absolute Gasteiger partial charge is 0.383 e. The third-order valence-electron chi connectivity index (χ3n) is 2.56. The molecule has 0 saturated heterocycles. The Morgan fingerprint density at radius 1 is 1.61 bits per heavy atom. The Bertz CT molecular complexity index is 445. The van der Waals surface area contributed by atoms with Crippen LogP contribution in [0.15, 0.2) is 4.73 Å². The highest BCUT2D eigenvalue weighted by Crippen LogP contribution is 2.17. The van der Waals surface area contributed by atoms with Crippen molar-refractivity contribution in [1.82, 2.24) is 14.5 Å². The standard InChI is InChI=1S/C11H16BrN3O3/c1-4-15-9(8(7-16)13-11(15)12)10(17)14(2)5-6-18-3/h7H,4-6H2,1-3H3. The summed E-state index contributed by atoms with van der Waals surface area (Å²) in [6.07, 6.45) is 0.592.